The van der Waals surface area contributed by atoms with Crippen LogP contribution < -0.4 is 14.9 Å². The summed E-state index contributed by atoms with van der Waals surface area (Å²) in [5, 5.41) is 92.2. The van der Waals surface area contributed by atoms with E-state index in [0.29, 0.717) is 0 Å². The van der Waals surface area contributed by atoms with E-state index < -0.39 is 96.1 Å². The highest BCUT2D eigenvalue weighted by Gasteiger charge is 2.49. The Morgan fingerprint density at radius 1 is 0.864 bits per heavy atom. The summed E-state index contributed by atoms with van der Waals surface area (Å²) < 4.78 is 33.0. The number of benzene rings is 2. The molecular formula is C28H32O16. The van der Waals surface area contributed by atoms with Gasteiger partial charge in [-0.1, -0.05) is 0 Å². The first-order chi connectivity index (χ1) is 20.8. The molecule has 0 amide bonds. The molecule has 0 spiro atoms. The number of ether oxygens (including phenoxy) is 5. The lowest BCUT2D eigenvalue weighted by Gasteiger charge is -2.40. The highest BCUT2D eigenvalue weighted by Crippen LogP contribution is 2.39. The van der Waals surface area contributed by atoms with Crippen molar-refractivity contribution in [1.29, 1.82) is 0 Å². The van der Waals surface area contributed by atoms with Crippen LogP contribution in [-0.4, -0.2) is 121 Å². The minimum absolute atomic E-state index is 0.0597. The average Bonchev–Trinajstić information content (AvgIpc) is 3.26. The second kappa shape index (κ2) is 12.4. The zero-order valence-electron chi connectivity index (χ0n) is 23.3. The van der Waals surface area contributed by atoms with E-state index in [0.717, 1.165) is 12.1 Å². The average molecular weight is 625 g/mol. The van der Waals surface area contributed by atoms with E-state index in [9.17, 15) is 50.8 Å². The third-order valence-corrected chi connectivity index (χ3v) is 7.42. The standard InChI is InChI=1S/C28H32O16/c1-9(29)24-21(36)23(38)27(43-24)40-8-16-18(33)20(35)22(37)28(42-16)44-26-19(34)17-13(32)6-11(30)7-15(17)41-25(26)10-3-4-14(39-2)12(31)5-10/h3-7,9,16,18,20-24,27-33,35-38H,8H2,1-2H3. The van der Waals surface area contributed by atoms with Crippen molar-refractivity contribution in [2.45, 2.75) is 68.3 Å². The molecule has 0 aliphatic carbocycles. The Kier molecular flexibility index (Phi) is 8.90. The SMILES string of the molecule is COc1ccc(-c2oc3cc(O)cc(O)c3c(=O)c2OC2OC(COC3OC(C(C)O)C(O)C3O)C(O)C(O)C2O)cc1O. The van der Waals surface area contributed by atoms with E-state index in [1.54, 1.807) is 0 Å². The summed E-state index contributed by atoms with van der Waals surface area (Å²) in [4.78, 5) is 13.6. The van der Waals surface area contributed by atoms with Crippen LogP contribution in [0.15, 0.2) is 39.5 Å². The number of hydrogen-bond acceptors (Lipinski definition) is 16. The van der Waals surface area contributed by atoms with Crippen LogP contribution in [0.1, 0.15) is 6.92 Å². The number of aromatic hydroxyl groups is 3. The third-order valence-electron chi connectivity index (χ3n) is 7.42. The molecule has 9 N–H and O–H groups in total. The van der Waals surface area contributed by atoms with E-state index in [-0.39, 0.29) is 28.4 Å². The van der Waals surface area contributed by atoms with Crippen LogP contribution in [0.2, 0.25) is 0 Å². The van der Waals surface area contributed by atoms with Crippen molar-refractivity contribution in [3.63, 3.8) is 0 Å². The molecule has 1 aromatic heterocycles. The molecule has 2 saturated heterocycles. The van der Waals surface area contributed by atoms with Crippen LogP contribution in [0.5, 0.6) is 28.7 Å². The number of methoxy groups -OCH3 is 1. The van der Waals surface area contributed by atoms with Crippen LogP contribution in [0.25, 0.3) is 22.3 Å². The van der Waals surface area contributed by atoms with Crippen molar-refractivity contribution >= 4 is 11.0 Å². The lowest BCUT2D eigenvalue weighted by Crippen LogP contribution is -2.60. The first-order valence-electron chi connectivity index (χ1n) is 13.4. The van der Waals surface area contributed by atoms with Gasteiger partial charge in [0.25, 0.3) is 0 Å². The van der Waals surface area contributed by atoms with E-state index in [4.69, 9.17) is 28.1 Å². The molecule has 16 nitrogen and oxygen atoms in total. The van der Waals surface area contributed by atoms with Crippen LogP contribution in [-0.2, 0) is 14.2 Å². The quantitative estimate of drug-likeness (QED) is 0.140. The van der Waals surface area contributed by atoms with Crippen molar-refractivity contribution in [3.8, 4) is 40.1 Å². The molecule has 0 bridgehead atoms. The molecule has 16 heteroatoms. The zero-order valence-corrected chi connectivity index (χ0v) is 23.3. The molecule has 10 atom stereocenters. The molecule has 3 heterocycles. The molecule has 2 aliphatic heterocycles. The summed E-state index contributed by atoms with van der Waals surface area (Å²) in [5.74, 6) is -2.33. The van der Waals surface area contributed by atoms with E-state index >= 15 is 0 Å². The molecule has 240 valence electrons. The monoisotopic (exact) mass is 624 g/mol. The summed E-state index contributed by atoms with van der Waals surface area (Å²) in [6, 6.07) is 5.88. The number of phenols is 3. The lowest BCUT2D eigenvalue weighted by molar-refractivity contribution is -0.290. The van der Waals surface area contributed by atoms with Gasteiger partial charge in [-0.2, -0.15) is 0 Å². The fourth-order valence-electron chi connectivity index (χ4n) is 5.06. The molecular weight excluding hydrogens is 592 g/mol. The van der Waals surface area contributed by atoms with Crippen molar-refractivity contribution in [2.24, 2.45) is 0 Å². The first-order valence-corrected chi connectivity index (χ1v) is 13.4. The largest absolute Gasteiger partial charge is 0.508 e. The van der Waals surface area contributed by atoms with Crippen molar-refractivity contribution in [2.75, 3.05) is 13.7 Å². The molecule has 2 fully saturated rings. The summed E-state index contributed by atoms with van der Waals surface area (Å²) in [6.45, 7) is 0.751. The number of aliphatic hydroxyl groups is 6. The van der Waals surface area contributed by atoms with Gasteiger partial charge in [-0.25, -0.2) is 0 Å². The van der Waals surface area contributed by atoms with Gasteiger partial charge in [-0.3, -0.25) is 4.79 Å². The van der Waals surface area contributed by atoms with Crippen LogP contribution in [0.4, 0.5) is 0 Å². The van der Waals surface area contributed by atoms with E-state index in [2.05, 4.69) is 0 Å². The maximum Gasteiger partial charge on any atom is 0.239 e. The Labute approximate surface area is 248 Å². The summed E-state index contributed by atoms with van der Waals surface area (Å²) in [6.07, 6.45) is -15.8. The maximum atomic E-state index is 13.6. The summed E-state index contributed by atoms with van der Waals surface area (Å²) >= 11 is 0. The van der Waals surface area contributed by atoms with Crippen molar-refractivity contribution in [1.82, 2.24) is 0 Å². The molecule has 2 aromatic carbocycles. The van der Waals surface area contributed by atoms with E-state index in [1.165, 1.54) is 32.2 Å². The molecule has 5 rings (SSSR count). The Hall–Kier alpha value is -3.71. The molecule has 3 aromatic rings. The molecule has 0 radical (unpaired) electrons. The van der Waals surface area contributed by atoms with Gasteiger partial charge in [0.05, 0.1) is 19.8 Å². The smallest absolute Gasteiger partial charge is 0.239 e. The number of phenolic OH excluding ortho intramolecular Hbond substituents is 3. The van der Waals surface area contributed by atoms with Gasteiger partial charge in [0.15, 0.2) is 23.5 Å². The summed E-state index contributed by atoms with van der Waals surface area (Å²) in [7, 11) is 1.32. The normalized spacial score (nSPS) is 31.2. The second-order valence-corrected chi connectivity index (χ2v) is 10.5. The Bertz CT molecular complexity index is 1550. The molecule has 44 heavy (non-hydrogen) atoms. The topological polar surface area (TPSA) is 258 Å². The van der Waals surface area contributed by atoms with Gasteiger partial charge < -0.3 is 74.1 Å². The highest BCUT2D eigenvalue weighted by molar-refractivity contribution is 5.88. The fraction of sp³-hybridized carbons (Fsp3) is 0.464. The number of fused-ring (bicyclic) bond motifs is 1. The van der Waals surface area contributed by atoms with Gasteiger partial charge in [-0.05, 0) is 25.1 Å². The number of aliphatic hydroxyl groups excluding tert-OH is 6. The maximum absolute atomic E-state index is 13.6. The number of hydrogen-bond donors (Lipinski definition) is 9. The van der Waals surface area contributed by atoms with E-state index in [1.807, 2.05) is 0 Å². The zero-order chi connectivity index (χ0) is 32.0. The molecule has 2 aliphatic rings. The van der Waals surface area contributed by atoms with Gasteiger partial charge in [-0.15, -0.1) is 0 Å². The van der Waals surface area contributed by atoms with Gasteiger partial charge in [0, 0.05) is 17.7 Å². The van der Waals surface area contributed by atoms with Crippen LogP contribution >= 0.6 is 0 Å². The van der Waals surface area contributed by atoms with Gasteiger partial charge >= 0.3 is 0 Å². The fourth-order valence-corrected chi connectivity index (χ4v) is 5.06. The van der Waals surface area contributed by atoms with Gasteiger partial charge in [0.1, 0.15) is 65.2 Å². The number of rotatable bonds is 8. The molecule has 0 saturated carbocycles. The van der Waals surface area contributed by atoms with Crippen molar-refractivity contribution in [3.05, 3.63) is 40.6 Å². The van der Waals surface area contributed by atoms with Crippen LogP contribution in [0.3, 0.4) is 0 Å². The van der Waals surface area contributed by atoms with Crippen LogP contribution in [0, 0.1) is 0 Å². The predicted octanol–water partition coefficient (Wildman–Crippen LogP) is -1.38. The Morgan fingerprint density at radius 2 is 1.57 bits per heavy atom. The molecule has 10 unspecified atom stereocenters. The summed E-state index contributed by atoms with van der Waals surface area (Å²) in [5.41, 5.74) is -1.19. The van der Waals surface area contributed by atoms with Crippen molar-refractivity contribution < 1.29 is 74.1 Å². The third kappa shape index (κ3) is 5.74. The minimum Gasteiger partial charge on any atom is -0.508 e. The lowest BCUT2D eigenvalue weighted by atomic mass is 9.99. The highest BCUT2D eigenvalue weighted by atomic mass is 16.7. The van der Waals surface area contributed by atoms with Gasteiger partial charge in [0.2, 0.25) is 17.5 Å². The Balaban J connectivity index is 1.48. The predicted molar refractivity (Wildman–Crippen MR) is 145 cm³/mol. The Morgan fingerprint density at radius 3 is 2.20 bits per heavy atom. The minimum atomic E-state index is -1.95. The second-order valence-electron chi connectivity index (χ2n) is 10.5. The first kappa shape index (κ1) is 31.7.